The molecule has 3 rings (SSSR count). The summed E-state index contributed by atoms with van der Waals surface area (Å²) >= 11 is 7.37. The highest BCUT2D eigenvalue weighted by Crippen LogP contribution is 2.21. The van der Waals surface area contributed by atoms with Crippen LogP contribution in [0.4, 0.5) is 0 Å². The van der Waals surface area contributed by atoms with Gasteiger partial charge in [0.15, 0.2) is 0 Å². The number of halogens is 1. The van der Waals surface area contributed by atoms with Gasteiger partial charge in [-0.2, -0.15) is 0 Å². The van der Waals surface area contributed by atoms with Crippen LogP contribution in [0, 0.1) is 0 Å². The van der Waals surface area contributed by atoms with E-state index in [1.807, 2.05) is 24.3 Å². The first-order valence-electron chi connectivity index (χ1n) is 6.54. The van der Waals surface area contributed by atoms with Crippen molar-refractivity contribution in [1.82, 2.24) is 10.6 Å². The number of nitrogens with one attached hydrogen (secondary N) is 2. The highest BCUT2D eigenvalue weighted by atomic mass is 35.5. The molecule has 0 aliphatic carbocycles. The minimum atomic E-state index is -0.152. The Morgan fingerprint density at radius 1 is 1.30 bits per heavy atom. The number of hydrogen-bond donors (Lipinski definition) is 2. The second-order valence-electron chi connectivity index (χ2n) is 4.83. The third-order valence-electron chi connectivity index (χ3n) is 3.46. The van der Waals surface area contributed by atoms with Crippen LogP contribution in [0.5, 0.6) is 0 Å². The van der Waals surface area contributed by atoms with Crippen molar-refractivity contribution in [3.63, 3.8) is 0 Å². The molecule has 0 spiro atoms. The highest BCUT2D eigenvalue weighted by molar-refractivity contribution is 7.16. The van der Waals surface area contributed by atoms with Crippen LogP contribution in [0.2, 0.25) is 4.34 Å². The van der Waals surface area contributed by atoms with E-state index in [9.17, 15) is 4.79 Å². The van der Waals surface area contributed by atoms with Crippen LogP contribution in [-0.4, -0.2) is 11.9 Å². The fourth-order valence-electron chi connectivity index (χ4n) is 2.38. The molecule has 2 heterocycles. The third-order valence-corrected chi connectivity index (χ3v) is 4.69. The number of fused-ring (bicyclic) bond motifs is 1. The molecule has 1 amide bonds. The van der Waals surface area contributed by atoms with Gasteiger partial charge < -0.3 is 10.6 Å². The molecule has 0 fully saturated rings. The standard InChI is InChI=1S/C15H15ClN2OS/c16-14-6-5-12(20-14)9-18-15(19)13-7-10-3-1-2-4-11(10)8-17-13/h1-6,13,17H,7-9H2,(H,18,19)/t13-/m0/s1. The van der Waals surface area contributed by atoms with Gasteiger partial charge in [-0.05, 0) is 29.7 Å². The number of carbonyl (C=O) groups excluding carboxylic acids is 1. The lowest BCUT2D eigenvalue weighted by Gasteiger charge is -2.25. The molecule has 2 N–H and O–H groups in total. The van der Waals surface area contributed by atoms with Crippen molar-refractivity contribution in [1.29, 1.82) is 0 Å². The third kappa shape index (κ3) is 3.03. The monoisotopic (exact) mass is 306 g/mol. The van der Waals surface area contributed by atoms with Crippen molar-refractivity contribution in [2.45, 2.75) is 25.6 Å². The molecule has 0 radical (unpaired) electrons. The van der Waals surface area contributed by atoms with Gasteiger partial charge in [0.05, 0.1) is 16.9 Å². The molecule has 5 heteroatoms. The molecule has 104 valence electrons. The van der Waals surface area contributed by atoms with Gasteiger partial charge in [-0.25, -0.2) is 0 Å². The van der Waals surface area contributed by atoms with Crippen LogP contribution < -0.4 is 10.6 Å². The maximum absolute atomic E-state index is 12.2. The van der Waals surface area contributed by atoms with Crippen LogP contribution in [0.3, 0.4) is 0 Å². The normalized spacial score (nSPS) is 17.6. The number of amides is 1. The second-order valence-corrected chi connectivity index (χ2v) is 6.63. The molecule has 1 aliphatic heterocycles. The van der Waals surface area contributed by atoms with Gasteiger partial charge >= 0.3 is 0 Å². The fourth-order valence-corrected chi connectivity index (χ4v) is 3.41. The first kappa shape index (κ1) is 13.6. The fraction of sp³-hybridized carbons (Fsp3) is 0.267. The van der Waals surface area contributed by atoms with Gasteiger partial charge in [-0.3, -0.25) is 4.79 Å². The summed E-state index contributed by atoms with van der Waals surface area (Å²) in [5.74, 6) is 0.0454. The molecule has 0 saturated heterocycles. The van der Waals surface area contributed by atoms with Crippen molar-refractivity contribution in [3.05, 3.63) is 56.7 Å². The summed E-state index contributed by atoms with van der Waals surface area (Å²) in [7, 11) is 0. The lowest BCUT2D eigenvalue weighted by molar-refractivity contribution is -0.123. The largest absolute Gasteiger partial charge is 0.350 e. The van der Waals surface area contributed by atoms with Gasteiger partial charge in [-0.15, -0.1) is 11.3 Å². The molecular formula is C15H15ClN2OS. The number of rotatable bonds is 3. The molecule has 3 nitrogen and oxygen atoms in total. The number of carbonyl (C=O) groups is 1. The van der Waals surface area contributed by atoms with Crippen molar-refractivity contribution in [2.24, 2.45) is 0 Å². The van der Waals surface area contributed by atoms with Crippen LogP contribution in [0.15, 0.2) is 36.4 Å². The van der Waals surface area contributed by atoms with Crippen molar-refractivity contribution in [2.75, 3.05) is 0 Å². The van der Waals surface area contributed by atoms with Crippen LogP contribution in [0.1, 0.15) is 16.0 Å². The van der Waals surface area contributed by atoms with E-state index < -0.39 is 0 Å². The molecular weight excluding hydrogens is 292 g/mol. The van der Waals surface area contributed by atoms with E-state index in [1.54, 1.807) is 0 Å². The molecule has 0 bridgehead atoms. The Hall–Kier alpha value is -1.36. The second kappa shape index (κ2) is 5.95. The Labute approximate surface area is 127 Å². The van der Waals surface area contributed by atoms with Gasteiger partial charge in [0.2, 0.25) is 5.91 Å². The topological polar surface area (TPSA) is 41.1 Å². The summed E-state index contributed by atoms with van der Waals surface area (Å²) in [4.78, 5) is 13.3. The average molecular weight is 307 g/mol. The van der Waals surface area contributed by atoms with Crippen molar-refractivity contribution < 1.29 is 4.79 Å². The molecule has 1 atom stereocenters. The molecule has 2 aromatic rings. The van der Waals surface area contributed by atoms with E-state index in [2.05, 4.69) is 22.8 Å². The minimum absolute atomic E-state index is 0.0454. The van der Waals surface area contributed by atoms with Gasteiger partial charge in [0.25, 0.3) is 0 Å². The molecule has 1 aromatic heterocycles. The predicted octanol–water partition coefficient (Wildman–Crippen LogP) is 2.73. The highest BCUT2D eigenvalue weighted by Gasteiger charge is 2.23. The molecule has 0 unspecified atom stereocenters. The Morgan fingerprint density at radius 3 is 2.85 bits per heavy atom. The summed E-state index contributed by atoms with van der Waals surface area (Å²) in [6.45, 7) is 1.29. The van der Waals surface area contributed by atoms with Crippen LogP contribution in [0.25, 0.3) is 0 Å². The Kier molecular flexibility index (Phi) is 4.05. The number of hydrogen-bond acceptors (Lipinski definition) is 3. The maximum Gasteiger partial charge on any atom is 0.237 e. The quantitative estimate of drug-likeness (QED) is 0.915. The predicted molar refractivity (Wildman–Crippen MR) is 81.9 cm³/mol. The minimum Gasteiger partial charge on any atom is -0.350 e. The lowest BCUT2D eigenvalue weighted by Crippen LogP contribution is -2.47. The van der Waals surface area contributed by atoms with E-state index >= 15 is 0 Å². The summed E-state index contributed by atoms with van der Waals surface area (Å²) < 4.78 is 0.749. The first-order valence-corrected chi connectivity index (χ1v) is 7.74. The zero-order chi connectivity index (χ0) is 13.9. The number of benzene rings is 1. The van der Waals surface area contributed by atoms with Crippen LogP contribution in [-0.2, 0) is 24.3 Å². The van der Waals surface area contributed by atoms with Crippen molar-refractivity contribution >= 4 is 28.8 Å². The molecule has 1 aliphatic rings. The molecule has 20 heavy (non-hydrogen) atoms. The lowest BCUT2D eigenvalue weighted by atomic mass is 9.95. The van der Waals surface area contributed by atoms with Gasteiger partial charge in [0.1, 0.15) is 0 Å². The zero-order valence-electron chi connectivity index (χ0n) is 10.9. The van der Waals surface area contributed by atoms with E-state index in [4.69, 9.17) is 11.6 Å². The number of thiophene rings is 1. The smallest absolute Gasteiger partial charge is 0.237 e. The van der Waals surface area contributed by atoms with E-state index in [1.165, 1.54) is 22.5 Å². The van der Waals surface area contributed by atoms with Gasteiger partial charge in [0, 0.05) is 11.4 Å². The SMILES string of the molecule is O=C(NCc1ccc(Cl)s1)[C@@H]1Cc2ccccc2CN1. The molecule has 0 saturated carbocycles. The zero-order valence-corrected chi connectivity index (χ0v) is 12.4. The summed E-state index contributed by atoms with van der Waals surface area (Å²) in [6, 6.07) is 11.9. The van der Waals surface area contributed by atoms with E-state index in [0.29, 0.717) is 6.54 Å². The summed E-state index contributed by atoms with van der Waals surface area (Å²) in [5.41, 5.74) is 2.53. The summed E-state index contributed by atoms with van der Waals surface area (Å²) in [6.07, 6.45) is 0.743. The van der Waals surface area contributed by atoms with Gasteiger partial charge in [-0.1, -0.05) is 35.9 Å². The Balaban J connectivity index is 1.59. The summed E-state index contributed by atoms with van der Waals surface area (Å²) in [5, 5.41) is 6.24. The average Bonchev–Trinajstić information content (AvgIpc) is 2.90. The maximum atomic E-state index is 12.2. The van der Waals surface area contributed by atoms with E-state index in [0.717, 1.165) is 22.2 Å². The van der Waals surface area contributed by atoms with Crippen LogP contribution >= 0.6 is 22.9 Å². The van der Waals surface area contributed by atoms with E-state index in [-0.39, 0.29) is 11.9 Å². The Bertz CT molecular complexity index is 626. The van der Waals surface area contributed by atoms with Crippen molar-refractivity contribution in [3.8, 4) is 0 Å². The first-order chi connectivity index (χ1) is 9.72. The molecule has 1 aromatic carbocycles. The Morgan fingerprint density at radius 2 is 2.10 bits per heavy atom.